The Hall–Kier alpha value is -1.05. The van der Waals surface area contributed by atoms with Crippen LogP contribution in [-0.2, 0) is 0 Å². The predicted octanol–water partition coefficient (Wildman–Crippen LogP) is 2.60. The molecule has 1 aromatic rings. The Bertz CT molecular complexity index is 281. The fourth-order valence-electron chi connectivity index (χ4n) is 1.79. The van der Waals surface area contributed by atoms with Gasteiger partial charge in [-0.1, -0.05) is 13.3 Å². The first-order chi connectivity index (χ1) is 6.35. The summed E-state index contributed by atoms with van der Waals surface area (Å²) >= 11 is 0. The molecule has 1 aliphatic carbocycles. The summed E-state index contributed by atoms with van der Waals surface area (Å²) < 4.78 is 5.06. The standard InChI is InChI=1S/C11H15NO/c1-3-8-6-10(8)11-5-4-9(13-2)7-12-11/h4-5,7-8,10H,3,6H2,1-2H3. The van der Waals surface area contributed by atoms with Crippen LogP contribution in [0.1, 0.15) is 31.4 Å². The van der Waals surface area contributed by atoms with Gasteiger partial charge < -0.3 is 4.74 Å². The molecule has 1 aliphatic rings. The van der Waals surface area contributed by atoms with Crippen LogP contribution in [0.3, 0.4) is 0 Å². The Morgan fingerprint density at radius 1 is 1.54 bits per heavy atom. The minimum Gasteiger partial charge on any atom is -0.495 e. The summed E-state index contributed by atoms with van der Waals surface area (Å²) in [4.78, 5) is 4.38. The first-order valence-corrected chi connectivity index (χ1v) is 4.85. The van der Waals surface area contributed by atoms with Crippen molar-refractivity contribution in [1.29, 1.82) is 0 Å². The first kappa shape index (κ1) is 8.54. The van der Waals surface area contributed by atoms with Crippen LogP contribution >= 0.6 is 0 Å². The molecule has 70 valence electrons. The highest BCUT2D eigenvalue weighted by Gasteiger charge is 2.37. The van der Waals surface area contributed by atoms with Crippen molar-refractivity contribution in [2.24, 2.45) is 5.92 Å². The first-order valence-electron chi connectivity index (χ1n) is 4.85. The van der Waals surface area contributed by atoms with Gasteiger partial charge in [-0.25, -0.2) is 0 Å². The third-order valence-electron chi connectivity index (χ3n) is 2.82. The monoisotopic (exact) mass is 177 g/mol. The molecule has 2 nitrogen and oxygen atoms in total. The van der Waals surface area contributed by atoms with Crippen LogP contribution < -0.4 is 4.74 Å². The number of aromatic nitrogens is 1. The normalized spacial score (nSPS) is 25.7. The van der Waals surface area contributed by atoms with Gasteiger partial charge in [-0.15, -0.1) is 0 Å². The maximum Gasteiger partial charge on any atom is 0.137 e. The molecule has 1 saturated carbocycles. The molecule has 2 atom stereocenters. The molecule has 13 heavy (non-hydrogen) atoms. The minimum atomic E-state index is 0.718. The minimum absolute atomic E-state index is 0.718. The van der Waals surface area contributed by atoms with E-state index in [0.717, 1.165) is 17.6 Å². The highest BCUT2D eigenvalue weighted by atomic mass is 16.5. The van der Waals surface area contributed by atoms with E-state index >= 15 is 0 Å². The zero-order chi connectivity index (χ0) is 9.26. The summed E-state index contributed by atoms with van der Waals surface area (Å²) in [6, 6.07) is 4.08. The summed E-state index contributed by atoms with van der Waals surface area (Å²) in [5.41, 5.74) is 1.23. The van der Waals surface area contributed by atoms with E-state index in [9.17, 15) is 0 Å². The van der Waals surface area contributed by atoms with E-state index in [0.29, 0.717) is 0 Å². The summed E-state index contributed by atoms with van der Waals surface area (Å²) in [6.07, 6.45) is 4.40. The highest BCUT2D eigenvalue weighted by molar-refractivity contribution is 5.24. The molecule has 0 bridgehead atoms. The van der Waals surface area contributed by atoms with Gasteiger partial charge >= 0.3 is 0 Å². The van der Waals surface area contributed by atoms with Gasteiger partial charge in [-0.2, -0.15) is 0 Å². The van der Waals surface area contributed by atoms with Gasteiger partial charge in [0.1, 0.15) is 5.75 Å². The quantitative estimate of drug-likeness (QED) is 0.708. The number of ether oxygens (including phenoxy) is 1. The van der Waals surface area contributed by atoms with E-state index in [1.807, 2.05) is 6.07 Å². The largest absolute Gasteiger partial charge is 0.495 e. The lowest BCUT2D eigenvalue weighted by Crippen LogP contribution is -1.89. The maximum atomic E-state index is 5.06. The zero-order valence-electron chi connectivity index (χ0n) is 8.16. The van der Waals surface area contributed by atoms with Crippen LogP contribution in [0.15, 0.2) is 18.3 Å². The Kier molecular flexibility index (Phi) is 2.21. The molecule has 1 fully saturated rings. The van der Waals surface area contributed by atoms with E-state index < -0.39 is 0 Å². The fourth-order valence-corrected chi connectivity index (χ4v) is 1.79. The van der Waals surface area contributed by atoms with Gasteiger partial charge in [0.15, 0.2) is 0 Å². The van der Waals surface area contributed by atoms with Gasteiger partial charge in [-0.3, -0.25) is 4.98 Å². The zero-order valence-corrected chi connectivity index (χ0v) is 8.16. The lowest BCUT2D eigenvalue weighted by atomic mass is 10.2. The van der Waals surface area contributed by atoms with Gasteiger partial charge in [-0.05, 0) is 24.5 Å². The van der Waals surface area contributed by atoms with Crippen LogP contribution in [-0.4, -0.2) is 12.1 Å². The van der Waals surface area contributed by atoms with Crippen LogP contribution in [0.2, 0.25) is 0 Å². The second-order valence-corrected chi connectivity index (χ2v) is 3.63. The van der Waals surface area contributed by atoms with Crippen LogP contribution in [0.4, 0.5) is 0 Å². The van der Waals surface area contributed by atoms with Crippen molar-refractivity contribution in [3.05, 3.63) is 24.0 Å². The van der Waals surface area contributed by atoms with Gasteiger partial charge in [0.2, 0.25) is 0 Å². The lowest BCUT2D eigenvalue weighted by molar-refractivity contribution is 0.412. The SMILES string of the molecule is CCC1CC1c1ccc(OC)cn1. The highest BCUT2D eigenvalue weighted by Crippen LogP contribution is 2.48. The maximum absolute atomic E-state index is 5.06. The molecule has 0 saturated heterocycles. The number of hydrogen-bond donors (Lipinski definition) is 0. The fraction of sp³-hybridized carbons (Fsp3) is 0.545. The van der Waals surface area contributed by atoms with E-state index in [1.54, 1.807) is 13.3 Å². The van der Waals surface area contributed by atoms with Crippen molar-refractivity contribution in [1.82, 2.24) is 4.98 Å². The molecule has 2 unspecified atom stereocenters. The van der Waals surface area contributed by atoms with Crippen molar-refractivity contribution in [2.75, 3.05) is 7.11 Å². The molecule has 0 aliphatic heterocycles. The van der Waals surface area contributed by atoms with E-state index in [2.05, 4.69) is 18.0 Å². The third kappa shape index (κ3) is 1.67. The molecular weight excluding hydrogens is 162 g/mol. The summed E-state index contributed by atoms with van der Waals surface area (Å²) in [7, 11) is 1.67. The molecule has 1 aromatic heterocycles. The topological polar surface area (TPSA) is 22.1 Å². The molecule has 0 aromatic carbocycles. The van der Waals surface area contributed by atoms with Gasteiger partial charge in [0.25, 0.3) is 0 Å². The summed E-state index contributed by atoms with van der Waals surface area (Å²) in [5, 5.41) is 0. The average molecular weight is 177 g/mol. The summed E-state index contributed by atoms with van der Waals surface area (Å²) in [6.45, 7) is 2.24. The van der Waals surface area contributed by atoms with E-state index in [1.165, 1.54) is 18.5 Å². The van der Waals surface area contributed by atoms with Gasteiger partial charge in [0, 0.05) is 11.6 Å². The Balaban J connectivity index is 2.07. The Labute approximate surface area is 78.9 Å². The molecule has 0 N–H and O–H groups in total. The molecule has 2 heteroatoms. The van der Waals surface area contributed by atoms with Crippen molar-refractivity contribution >= 4 is 0 Å². The number of rotatable bonds is 3. The van der Waals surface area contributed by atoms with Crippen LogP contribution in [0.5, 0.6) is 5.75 Å². The number of nitrogens with zero attached hydrogens (tertiary/aromatic N) is 1. The van der Waals surface area contributed by atoms with Crippen molar-refractivity contribution in [2.45, 2.75) is 25.7 Å². The molecule has 0 amide bonds. The summed E-state index contributed by atoms with van der Waals surface area (Å²) in [5.74, 6) is 2.44. The molecule has 1 heterocycles. The van der Waals surface area contributed by atoms with Crippen molar-refractivity contribution in [3.63, 3.8) is 0 Å². The number of hydrogen-bond acceptors (Lipinski definition) is 2. The Morgan fingerprint density at radius 3 is 2.85 bits per heavy atom. The second kappa shape index (κ2) is 3.36. The lowest BCUT2D eigenvalue weighted by Gasteiger charge is -2.00. The van der Waals surface area contributed by atoms with Crippen molar-refractivity contribution < 1.29 is 4.74 Å². The molecule has 0 spiro atoms. The molecule has 2 rings (SSSR count). The molecular formula is C11H15NO. The predicted molar refractivity (Wildman–Crippen MR) is 51.9 cm³/mol. The second-order valence-electron chi connectivity index (χ2n) is 3.63. The van der Waals surface area contributed by atoms with E-state index in [4.69, 9.17) is 4.74 Å². The number of pyridine rings is 1. The number of methoxy groups -OCH3 is 1. The van der Waals surface area contributed by atoms with Gasteiger partial charge in [0.05, 0.1) is 13.3 Å². The third-order valence-corrected chi connectivity index (χ3v) is 2.82. The average Bonchev–Trinajstić information content (AvgIpc) is 2.97. The van der Waals surface area contributed by atoms with Crippen LogP contribution in [0, 0.1) is 5.92 Å². The van der Waals surface area contributed by atoms with Crippen molar-refractivity contribution in [3.8, 4) is 5.75 Å². The smallest absolute Gasteiger partial charge is 0.137 e. The Morgan fingerprint density at radius 2 is 2.38 bits per heavy atom. The molecule has 0 radical (unpaired) electrons. The van der Waals surface area contributed by atoms with E-state index in [-0.39, 0.29) is 0 Å². The van der Waals surface area contributed by atoms with Crippen LogP contribution in [0.25, 0.3) is 0 Å².